The first-order valence-corrected chi connectivity index (χ1v) is 7.32. The highest BCUT2D eigenvalue weighted by atomic mass is 19.4. The number of alkyl halides is 3. The summed E-state index contributed by atoms with van der Waals surface area (Å²) in [6.45, 7) is 1.78. The van der Waals surface area contributed by atoms with Crippen LogP contribution in [0.2, 0.25) is 0 Å². The number of aryl methyl sites for hydroxylation is 2. The summed E-state index contributed by atoms with van der Waals surface area (Å²) in [5.41, 5.74) is 7.05. The van der Waals surface area contributed by atoms with Crippen LogP contribution in [0.25, 0.3) is 11.3 Å². The molecule has 3 rings (SSSR count). The zero-order valence-electron chi connectivity index (χ0n) is 13.5. The van der Waals surface area contributed by atoms with Crippen molar-refractivity contribution in [1.29, 1.82) is 0 Å². The molecule has 25 heavy (non-hydrogen) atoms. The molecule has 0 atom stereocenters. The minimum absolute atomic E-state index is 0.228. The van der Waals surface area contributed by atoms with Crippen molar-refractivity contribution in [2.24, 2.45) is 12.1 Å². The van der Waals surface area contributed by atoms with E-state index in [1.165, 1.54) is 22.6 Å². The van der Waals surface area contributed by atoms with Crippen molar-refractivity contribution in [3.05, 3.63) is 53.5 Å². The summed E-state index contributed by atoms with van der Waals surface area (Å²) in [5, 5.41) is 7.77. The first-order valence-electron chi connectivity index (χ1n) is 7.32. The van der Waals surface area contributed by atoms with Crippen LogP contribution in [0, 0.1) is 6.92 Å². The van der Waals surface area contributed by atoms with Crippen LogP contribution in [-0.2, 0) is 13.2 Å². The SMILES string of the molecule is Cc1cn(N=Cc2ccccc2-c2cc(C(F)(F)F)nn2C)c(N)n1. The van der Waals surface area contributed by atoms with Crippen LogP contribution >= 0.6 is 0 Å². The second kappa shape index (κ2) is 6.08. The van der Waals surface area contributed by atoms with Gasteiger partial charge in [-0.05, 0) is 13.0 Å². The summed E-state index contributed by atoms with van der Waals surface area (Å²) >= 11 is 0. The van der Waals surface area contributed by atoms with E-state index in [-0.39, 0.29) is 5.95 Å². The number of benzene rings is 1. The average molecular weight is 348 g/mol. The summed E-state index contributed by atoms with van der Waals surface area (Å²) in [6.07, 6.45) is -1.32. The molecule has 0 radical (unpaired) electrons. The summed E-state index contributed by atoms with van der Waals surface area (Å²) < 4.78 is 41.3. The van der Waals surface area contributed by atoms with Crippen LogP contribution in [0.4, 0.5) is 19.1 Å². The molecule has 1 aromatic carbocycles. The molecule has 0 bridgehead atoms. The lowest BCUT2D eigenvalue weighted by Gasteiger charge is -2.06. The quantitative estimate of drug-likeness (QED) is 0.739. The highest BCUT2D eigenvalue weighted by Gasteiger charge is 2.34. The van der Waals surface area contributed by atoms with Crippen LogP contribution in [-0.4, -0.2) is 25.7 Å². The van der Waals surface area contributed by atoms with Gasteiger partial charge in [0.1, 0.15) is 0 Å². The Hall–Kier alpha value is -3.10. The van der Waals surface area contributed by atoms with E-state index >= 15 is 0 Å². The molecule has 0 saturated heterocycles. The fourth-order valence-corrected chi connectivity index (χ4v) is 2.42. The molecular formula is C16H15F3N6. The molecule has 2 aromatic heterocycles. The van der Waals surface area contributed by atoms with E-state index in [2.05, 4.69) is 15.2 Å². The number of aromatic nitrogens is 4. The minimum atomic E-state index is -4.50. The van der Waals surface area contributed by atoms with E-state index in [9.17, 15) is 13.2 Å². The second-order valence-electron chi connectivity index (χ2n) is 5.45. The maximum atomic E-state index is 12.9. The largest absolute Gasteiger partial charge is 0.435 e. The van der Waals surface area contributed by atoms with E-state index in [4.69, 9.17) is 5.73 Å². The number of rotatable bonds is 3. The second-order valence-corrected chi connectivity index (χ2v) is 5.45. The Labute approximate surface area is 141 Å². The van der Waals surface area contributed by atoms with E-state index in [0.717, 1.165) is 6.07 Å². The van der Waals surface area contributed by atoms with Crippen LogP contribution in [0.3, 0.4) is 0 Å². The van der Waals surface area contributed by atoms with E-state index in [0.29, 0.717) is 22.5 Å². The molecule has 130 valence electrons. The van der Waals surface area contributed by atoms with E-state index in [1.807, 2.05) is 0 Å². The molecule has 0 spiro atoms. The van der Waals surface area contributed by atoms with Gasteiger partial charge in [-0.1, -0.05) is 24.3 Å². The molecule has 0 amide bonds. The molecule has 0 aliphatic heterocycles. The third-order valence-corrected chi connectivity index (χ3v) is 3.56. The Morgan fingerprint density at radius 1 is 1.24 bits per heavy atom. The first kappa shape index (κ1) is 16.7. The molecule has 0 unspecified atom stereocenters. The van der Waals surface area contributed by atoms with Gasteiger partial charge in [0, 0.05) is 18.2 Å². The molecule has 3 aromatic rings. The third-order valence-electron chi connectivity index (χ3n) is 3.56. The van der Waals surface area contributed by atoms with Gasteiger partial charge in [-0.3, -0.25) is 4.68 Å². The van der Waals surface area contributed by atoms with Crippen molar-refractivity contribution in [2.75, 3.05) is 5.73 Å². The summed E-state index contributed by atoms with van der Waals surface area (Å²) in [5.74, 6) is 0.228. The van der Waals surface area contributed by atoms with Gasteiger partial charge in [0.05, 0.1) is 23.8 Å². The van der Waals surface area contributed by atoms with Gasteiger partial charge in [-0.2, -0.15) is 23.4 Å². The molecule has 0 fully saturated rings. The zero-order valence-corrected chi connectivity index (χ0v) is 13.5. The van der Waals surface area contributed by atoms with Gasteiger partial charge in [0.25, 0.3) is 0 Å². The van der Waals surface area contributed by atoms with Crippen molar-refractivity contribution in [1.82, 2.24) is 19.4 Å². The van der Waals surface area contributed by atoms with Gasteiger partial charge in [-0.25, -0.2) is 9.66 Å². The highest BCUT2D eigenvalue weighted by Crippen LogP contribution is 2.32. The van der Waals surface area contributed by atoms with Crippen LogP contribution in [0.15, 0.2) is 41.6 Å². The smallest absolute Gasteiger partial charge is 0.368 e. The number of hydrogen-bond acceptors (Lipinski definition) is 4. The molecule has 0 aliphatic rings. The Morgan fingerprint density at radius 2 is 1.96 bits per heavy atom. The fraction of sp³-hybridized carbons (Fsp3) is 0.188. The monoisotopic (exact) mass is 348 g/mol. The van der Waals surface area contributed by atoms with Gasteiger partial charge in [-0.15, -0.1) is 0 Å². The van der Waals surface area contributed by atoms with Crippen molar-refractivity contribution in [3.63, 3.8) is 0 Å². The molecule has 0 aliphatic carbocycles. The van der Waals surface area contributed by atoms with E-state index < -0.39 is 11.9 Å². The summed E-state index contributed by atoms with van der Waals surface area (Å²) in [6, 6.07) is 7.99. The molecule has 6 nitrogen and oxygen atoms in total. The number of hydrogen-bond donors (Lipinski definition) is 1. The highest BCUT2D eigenvalue weighted by molar-refractivity contribution is 5.89. The van der Waals surface area contributed by atoms with Crippen LogP contribution < -0.4 is 5.73 Å². The summed E-state index contributed by atoms with van der Waals surface area (Å²) in [7, 11) is 1.47. The van der Waals surface area contributed by atoms with Gasteiger partial charge < -0.3 is 5.73 Å². The Bertz CT molecular complexity index is 936. The minimum Gasteiger partial charge on any atom is -0.368 e. The van der Waals surface area contributed by atoms with Crippen LogP contribution in [0.5, 0.6) is 0 Å². The Morgan fingerprint density at radius 3 is 2.56 bits per heavy atom. The van der Waals surface area contributed by atoms with Crippen molar-refractivity contribution in [2.45, 2.75) is 13.1 Å². The number of anilines is 1. The number of nitrogens with zero attached hydrogens (tertiary/aromatic N) is 5. The average Bonchev–Trinajstić information content (AvgIpc) is 3.07. The lowest BCUT2D eigenvalue weighted by molar-refractivity contribution is -0.141. The normalized spacial score (nSPS) is 12.2. The van der Waals surface area contributed by atoms with Crippen molar-refractivity contribution < 1.29 is 13.2 Å². The summed E-state index contributed by atoms with van der Waals surface area (Å²) in [4.78, 5) is 4.04. The van der Waals surface area contributed by atoms with Gasteiger partial charge >= 0.3 is 6.18 Å². The molecule has 9 heteroatoms. The standard InChI is InChI=1S/C16H15F3N6/c1-10-9-25(15(20)22-10)21-8-11-5-3-4-6-12(11)13-7-14(16(17,18)19)23-24(13)2/h3-9H,1-2H3,(H2,20,22). The Balaban J connectivity index is 2.02. The lowest BCUT2D eigenvalue weighted by atomic mass is 10.1. The predicted octanol–water partition coefficient (Wildman–Crippen LogP) is 3.08. The maximum absolute atomic E-state index is 12.9. The van der Waals surface area contributed by atoms with Gasteiger partial charge in [0.15, 0.2) is 5.69 Å². The Kier molecular flexibility index (Phi) is 4.07. The number of nitrogens with two attached hydrogens (primary N) is 1. The predicted molar refractivity (Wildman–Crippen MR) is 88.0 cm³/mol. The number of nitrogen functional groups attached to an aromatic ring is 1. The van der Waals surface area contributed by atoms with E-state index in [1.54, 1.807) is 37.4 Å². The van der Waals surface area contributed by atoms with Crippen molar-refractivity contribution in [3.8, 4) is 11.3 Å². The molecule has 2 heterocycles. The zero-order chi connectivity index (χ0) is 18.2. The first-order chi connectivity index (χ1) is 11.8. The molecule has 2 N–H and O–H groups in total. The lowest BCUT2D eigenvalue weighted by Crippen LogP contribution is -2.06. The van der Waals surface area contributed by atoms with Crippen LogP contribution in [0.1, 0.15) is 17.0 Å². The topological polar surface area (TPSA) is 74.0 Å². The van der Waals surface area contributed by atoms with Crippen molar-refractivity contribution >= 4 is 12.2 Å². The fourth-order valence-electron chi connectivity index (χ4n) is 2.42. The van der Waals surface area contributed by atoms with Gasteiger partial charge in [0.2, 0.25) is 5.95 Å². The number of imidazole rings is 1. The third kappa shape index (κ3) is 3.39. The maximum Gasteiger partial charge on any atom is 0.435 e. The number of halogens is 3. The molecular weight excluding hydrogens is 333 g/mol. The molecule has 0 saturated carbocycles.